The molecule has 0 saturated carbocycles. The summed E-state index contributed by atoms with van der Waals surface area (Å²) in [5, 5.41) is 9.28. The minimum Gasteiger partial charge on any atom is -0.361 e. The fourth-order valence-electron chi connectivity index (χ4n) is 3.11. The number of benzene rings is 1. The summed E-state index contributed by atoms with van der Waals surface area (Å²) >= 11 is 0. The van der Waals surface area contributed by atoms with Gasteiger partial charge in [-0.15, -0.1) is 0 Å². The molecule has 0 aliphatic carbocycles. The highest BCUT2D eigenvalue weighted by Gasteiger charge is 2.35. The van der Waals surface area contributed by atoms with Crippen LogP contribution in [0.5, 0.6) is 0 Å². The lowest BCUT2D eigenvalue weighted by Crippen LogP contribution is -2.38. The zero-order valence-corrected chi connectivity index (χ0v) is 10.1. The first kappa shape index (κ1) is 10.1. The minimum atomic E-state index is 0.309. The van der Waals surface area contributed by atoms with E-state index < -0.39 is 0 Å². The minimum absolute atomic E-state index is 0.309. The van der Waals surface area contributed by atoms with Crippen LogP contribution in [0, 0.1) is 5.92 Å². The van der Waals surface area contributed by atoms with E-state index in [2.05, 4.69) is 51.3 Å². The number of H-pyrrole nitrogens is 1. The standard InChI is InChI=1S/C14H16N4/c1-2-4-12-9(3-1)10(8-16-12)14-11-7-15-6-5-13(11)17-18-14/h1-4,8,11,14-16,18H,5-7H2. The molecule has 0 radical (unpaired) electrons. The van der Waals surface area contributed by atoms with Gasteiger partial charge >= 0.3 is 0 Å². The van der Waals surface area contributed by atoms with Gasteiger partial charge in [-0.3, -0.25) is 0 Å². The van der Waals surface area contributed by atoms with Crippen LogP contribution in [0.1, 0.15) is 18.0 Å². The Morgan fingerprint density at radius 2 is 2.17 bits per heavy atom. The maximum absolute atomic E-state index is 4.51. The van der Waals surface area contributed by atoms with E-state index in [0.29, 0.717) is 12.0 Å². The highest BCUT2D eigenvalue weighted by atomic mass is 15.3. The fourth-order valence-corrected chi connectivity index (χ4v) is 3.11. The molecule has 92 valence electrons. The molecule has 1 aromatic heterocycles. The van der Waals surface area contributed by atoms with Crippen molar-refractivity contribution >= 4 is 16.6 Å². The topological polar surface area (TPSA) is 52.2 Å². The van der Waals surface area contributed by atoms with Crippen LogP contribution in [0.2, 0.25) is 0 Å². The highest BCUT2D eigenvalue weighted by Crippen LogP contribution is 2.34. The van der Waals surface area contributed by atoms with Gasteiger partial charge in [-0.25, -0.2) is 0 Å². The second-order valence-corrected chi connectivity index (χ2v) is 5.06. The van der Waals surface area contributed by atoms with Crippen molar-refractivity contribution in [2.45, 2.75) is 12.5 Å². The average molecular weight is 240 g/mol. The predicted octanol–water partition coefficient (Wildman–Crippen LogP) is 1.78. The first-order valence-electron chi connectivity index (χ1n) is 6.52. The van der Waals surface area contributed by atoms with E-state index in [1.807, 2.05) is 0 Å². The van der Waals surface area contributed by atoms with E-state index in [4.69, 9.17) is 0 Å². The quantitative estimate of drug-likeness (QED) is 0.711. The Kier molecular flexibility index (Phi) is 2.17. The number of hydrogen-bond donors (Lipinski definition) is 3. The van der Waals surface area contributed by atoms with Gasteiger partial charge in [0, 0.05) is 53.8 Å². The van der Waals surface area contributed by atoms with E-state index >= 15 is 0 Å². The molecule has 4 nitrogen and oxygen atoms in total. The summed E-state index contributed by atoms with van der Waals surface area (Å²) in [7, 11) is 0. The van der Waals surface area contributed by atoms with Crippen LogP contribution in [-0.2, 0) is 0 Å². The summed E-state index contributed by atoms with van der Waals surface area (Å²) in [5.74, 6) is 0.498. The second kappa shape index (κ2) is 3.85. The number of aromatic nitrogens is 1. The molecular formula is C14H16N4. The number of aromatic amines is 1. The summed E-state index contributed by atoms with van der Waals surface area (Å²) in [4.78, 5) is 3.35. The number of nitrogens with zero attached hydrogens (tertiary/aromatic N) is 1. The largest absolute Gasteiger partial charge is 0.361 e. The molecule has 18 heavy (non-hydrogen) atoms. The normalized spacial score (nSPS) is 26.8. The summed E-state index contributed by atoms with van der Waals surface area (Å²) in [6, 6.07) is 8.76. The Bertz CT molecular complexity index is 613. The molecule has 2 aliphatic heterocycles. The molecule has 0 amide bonds. The molecule has 4 rings (SSSR count). The Labute approximate surface area is 105 Å². The number of hydrazone groups is 1. The Morgan fingerprint density at radius 1 is 1.22 bits per heavy atom. The van der Waals surface area contributed by atoms with Gasteiger partial charge in [0.15, 0.2) is 0 Å². The molecule has 3 N–H and O–H groups in total. The van der Waals surface area contributed by atoms with E-state index in [0.717, 1.165) is 19.5 Å². The van der Waals surface area contributed by atoms with Crippen LogP contribution < -0.4 is 10.7 Å². The van der Waals surface area contributed by atoms with Crippen molar-refractivity contribution in [1.29, 1.82) is 0 Å². The van der Waals surface area contributed by atoms with Crippen LogP contribution >= 0.6 is 0 Å². The van der Waals surface area contributed by atoms with Crippen LogP contribution in [0.4, 0.5) is 0 Å². The third kappa shape index (κ3) is 1.39. The third-order valence-electron chi connectivity index (χ3n) is 4.06. The molecule has 2 aromatic rings. The highest BCUT2D eigenvalue weighted by molar-refractivity contribution is 5.91. The number of para-hydroxylation sites is 1. The Hall–Kier alpha value is -1.81. The number of nitrogens with one attached hydrogen (secondary N) is 3. The molecule has 1 fully saturated rings. The van der Waals surface area contributed by atoms with E-state index in [-0.39, 0.29) is 0 Å². The van der Waals surface area contributed by atoms with Gasteiger partial charge in [-0.2, -0.15) is 5.10 Å². The molecule has 2 aliphatic rings. The van der Waals surface area contributed by atoms with Crippen molar-refractivity contribution in [3.05, 3.63) is 36.0 Å². The molecule has 0 spiro atoms. The summed E-state index contributed by atoms with van der Waals surface area (Å²) in [6.07, 6.45) is 3.19. The van der Waals surface area contributed by atoms with E-state index in [9.17, 15) is 0 Å². The summed E-state index contributed by atoms with van der Waals surface area (Å²) in [6.45, 7) is 2.08. The van der Waals surface area contributed by atoms with Gasteiger partial charge in [-0.1, -0.05) is 18.2 Å². The number of fused-ring (bicyclic) bond motifs is 2. The molecule has 4 heteroatoms. The first-order valence-corrected chi connectivity index (χ1v) is 6.52. The van der Waals surface area contributed by atoms with E-state index in [1.54, 1.807) is 0 Å². The maximum Gasteiger partial charge on any atom is 0.0803 e. The van der Waals surface area contributed by atoms with Crippen LogP contribution in [0.3, 0.4) is 0 Å². The molecule has 1 saturated heterocycles. The number of rotatable bonds is 1. The molecular weight excluding hydrogens is 224 g/mol. The van der Waals surface area contributed by atoms with Crippen molar-refractivity contribution in [3.8, 4) is 0 Å². The van der Waals surface area contributed by atoms with Gasteiger partial charge in [0.2, 0.25) is 0 Å². The lowest BCUT2D eigenvalue weighted by atomic mass is 9.87. The SMILES string of the molecule is c1ccc2c(C3NN=C4CCNCC43)c[nH]c2c1. The summed E-state index contributed by atoms with van der Waals surface area (Å²) in [5.41, 5.74) is 7.18. The van der Waals surface area contributed by atoms with Gasteiger partial charge in [0.25, 0.3) is 0 Å². The van der Waals surface area contributed by atoms with Crippen LogP contribution in [-0.4, -0.2) is 23.8 Å². The van der Waals surface area contributed by atoms with Crippen molar-refractivity contribution < 1.29 is 0 Å². The van der Waals surface area contributed by atoms with Crippen LogP contribution in [0.25, 0.3) is 10.9 Å². The maximum atomic E-state index is 4.51. The van der Waals surface area contributed by atoms with Crippen molar-refractivity contribution in [1.82, 2.24) is 15.7 Å². The molecule has 2 unspecified atom stereocenters. The fraction of sp³-hybridized carbons (Fsp3) is 0.357. The summed E-state index contributed by atoms with van der Waals surface area (Å²) < 4.78 is 0. The lowest BCUT2D eigenvalue weighted by Gasteiger charge is -2.24. The van der Waals surface area contributed by atoms with Gasteiger partial charge < -0.3 is 15.7 Å². The Balaban J connectivity index is 1.75. The van der Waals surface area contributed by atoms with Crippen LogP contribution in [0.15, 0.2) is 35.6 Å². The lowest BCUT2D eigenvalue weighted by molar-refractivity contribution is 0.453. The van der Waals surface area contributed by atoms with Crippen molar-refractivity contribution in [2.24, 2.45) is 11.0 Å². The van der Waals surface area contributed by atoms with Gasteiger partial charge in [-0.05, 0) is 6.07 Å². The molecule has 3 heterocycles. The molecule has 2 atom stereocenters. The average Bonchev–Trinajstić information content (AvgIpc) is 3.01. The monoisotopic (exact) mass is 240 g/mol. The Morgan fingerprint density at radius 3 is 3.17 bits per heavy atom. The zero-order chi connectivity index (χ0) is 11.9. The van der Waals surface area contributed by atoms with Crippen molar-refractivity contribution in [2.75, 3.05) is 13.1 Å². The second-order valence-electron chi connectivity index (χ2n) is 5.06. The predicted molar refractivity (Wildman–Crippen MR) is 72.6 cm³/mol. The van der Waals surface area contributed by atoms with Crippen molar-refractivity contribution in [3.63, 3.8) is 0 Å². The van der Waals surface area contributed by atoms with Gasteiger partial charge in [0.1, 0.15) is 0 Å². The smallest absolute Gasteiger partial charge is 0.0803 e. The zero-order valence-electron chi connectivity index (χ0n) is 10.1. The molecule has 1 aromatic carbocycles. The van der Waals surface area contributed by atoms with Gasteiger partial charge in [0.05, 0.1) is 6.04 Å². The first-order chi connectivity index (χ1) is 8.93. The number of piperidine rings is 1. The third-order valence-corrected chi connectivity index (χ3v) is 4.06. The molecule has 0 bridgehead atoms. The number of hydrogen-bond acceptors (Lipinski definition) is 3. The van der Waals surface area contributed by atoms with E-state index in [1.165, 1.54) is 22.2 Å².